The van der Waals surface area contributed by atoms with Crippen LogP contribution < -0.4 is 10.2 Å². The van der Waals surface area contributed by atoms with Crippen molar-refractivity contribution in [3.05, 3.63) is 46.2 Å². The van der Waals surface area contributed by atoms with Gasteiger partial charge in [0.15, 0.2) is 0 Å². The first-order valence-electron chi connectivity index (χ1n) is 6.48. The summed E-state index contributed by atoms with van der Waals surface area (Å²) in [5.41, 5.74) is -0.651. The van der Waals surface area contributed by atoms with Gasteiger partial charge in [0.25, 0.3) is 0 Å². The fraction of sp³-hybridized carbons (Fsp3) is 0.267. The van der Waals surface area contributed by atoms with Crippen molar-refractivity contribution < 1.29 is 18.0 Å². The molecule has 0 aliphatic rings. The number of rotatable bonds is 4. The first-order chi connectivity index (χ1) is 10.3. The van der Waals surface area contributed by atoms with E-state index in [4.69, 9.17) is 0 Å². The minimum Gasteiger partial charge on any atom is -0.378 e. The molecule has 0 saturated heterocycles. The van der Waals surface area contributed by atoms with Crippen molar-refractivity contribution in [3.8, 4) is 0 Å². The fourth-order valence-electron chi connectivity index (χ4n) is 1.92. The zero-order chi connectivity index (χ0) is 16.3. The van der Waals surface area contributed by atoms with Crippen LogP contribution in [0.5, 0.6) is 0 Å². The van der Waals surface area contributed by atoms with Gasteiger partial charge in [-0.2, -0.15) is 13.2 Å². The number of nitrogens with zero attached hydrogens (tertiary/aromatic N) is 1. The lowest BCUT2D eigenvalue weighted by molar-refractivity contribution is -0.136. The molecule has 0 aliphatic heterocycles. The van der Waals surface area contributed by atoms with Gasteiger partial charge in [0.2, 0.25) is 5.91 Å². The van der Waals surface area contributed by atoms with E-state index < -0.39 is 17.6 Å². The van der Waals surface area contributed by atoms with Crippen LogP contribution in [-0.2, 0) is 17.4 Å². The molecule has 0 saturated carbocycles. The number of amides is 1. The number of hydrogen-bond donors (Lipinski definition) is 1. The quantitative estimate of drug-likeness (QED) is 0.919. The van der Waals surface area contributed by atoms with E-state index in [1.807, 2.05) is 5.38 Å². The molecule has 0 aliphatic carbocycles. The molecule has 1 aromatic heterocycles. The van der Waals surface area contributed by atoms with Crippen LogP contribution in [0.4, 0.5) is 24.5 Å². The van der Waals surface area contributed by atoms with Crippen LogP contribution >= 0.6 is 11.3 Å². The van der Waals surface area contributed by atoms with Crippen LogP contribution in [0.25, 0.3) is 0 Å². The summed E-state index contributed by atoms with van der Waals surface area (Å²) in [5.74, 6) is -0.467. The highest BCUT2D eigenvalue weighted by Crippen LogP contribution is 2.37. The Labute approximate surface area is 130 Å². The lowest BCUT2D eigenvalue weighted by Crippen LogP contribution is -2.19. The molecule has 0 radical (unpaired) electrons. The first kappa shape index (κ1) is 16.4. The van der Waals surface area contributed by atoms with Crippen molar-refractivity contribution in [3.63, 3.8) is 0 Å². The van der Waals surface area contributed by atoms with Gasteiger partial charge in [0.05, 0.1) is 17.7 Å². The van der Waals surface area contributed by atoms with E-state index in [2.05, 4.69) is 5.32 Å². The van der Waals surface area contributed by atoms with Crippen LogP contribution in [0, 0.1) is 0 Å². The number of halogens is 3. The number of benzene rings is 1. The Kier molecular flexibility index (Phi) is 4.75. The Morgan fingerprint density at radius 1 is 1.27 bits per heavy atom. The highest BCUT2D eigenvalue weighted by Gasteiger charge is 2.34. The van der Waals surface area contributed by atoms with Crippen LogP contribution in [0.3, 0.4) is 0 Å². The maximum Gasteiger partial charge on any atom is 0.418 e. The molecule has 2 aromatic rings. The smallest absolute Gasteiger partial charge is 0.378 e. The molecule has 118 valence electrons. The third-order valence-corrected chi connectivity index (χ3v) is 3.89. The molecule has 1 amide bonds. The standard InChI is InChI=1S/C15H15F3N2OS/c1-20(2)10-5-6-13(12(8-10)15(16,17)18)19-14(21)9-11-4-3-7-22-11/h3-8H,9H2,1-2H3,(H,19,21). The largest absolute Gasteiger partial charge is 0.418 e. The molecule has 22 heavy (non-hydrogen) atoms. The van der Waals surface area contributed by atoms with Gasteiger partial charge in [-0.05, 0) is 29.6 Å². The predicted octanol–water partition coefficient (Wildman–Crippen LogP) is 4.01. The van der Waals surface area contributed by atoms with Crippen LogP contribution in [0.15, 0.2) is 35.7 Å². The van der Waals surface area contributed by atoms with Gasteiger partial charge in [0, 0.05) is 24.7 Å². The van der Waals surface area contributed by atoms with E-state index in [0.717, 1.165) is 10.9 Å². The summed E-state index contributed by atoms with van der Waals surface area (Å²) in [5, 5.41) is 4.17. The summed E-state index contributed by atoms with van der Waals surface area (Å²) < 4.78 is 39.5. The summed E-state index contributed by atoms with van der Waals surface area (Å²) in [4.78, 5) is 14.3. The summed E-state index contributed by atoms with van der Waals surface area (Å²) in [6, 6.07) is 7.41. The Morgan fingerprint density at radius 2 is 2.00 bits per heavy atom. The number of nitrogens with one attached hydrogen (secondary N) is 1. The van der Waals surface area contributed by atoms with Crippen LogP contribution in [0.1, 0.15) is 10.4 Å². The average molecular weight is 328 g/mol. The molecule has 7 heteroatoms. The summed E-state index contributed by atoms with van der Waals surface area (Å²) in [6.45, 7) is 0. The van der Waals surface area contributed by atoms with E-state index >= 15 is 0 Å². The molecule has 3 nitrogen and oxygen atoms in total. The molecule has 0 atom stereocenters. The molecule has 0 unspecified atom stereocenters. The van der Waals surface area contributed by atoms with Crippen LogP contribution in [-0.4, -0.2) is 20.0 Å². The zero-order valence-corrected chi connectivity index (χ0v) is 12.9. The highest BCUT2D eigenvalue weighted by atomic mass is 32.1. The number of alkyl halides is 3. The molecule has 1 aromatic carbocycles. The summed E-state index contributed by atoms with van der Waals surface area (Å²) >= 11 is 1.39. The third-order valence-electron chi connectivity index (χ3n) is 3.01. The van der Waals surface area contributed by atoms with Crippen molar-refractivity contribution in [2.24, 2.45) is 0 Å². The maximum atomic E-state index is 13.2. The third kappa shape index (κ3) is 4.00. The molecule has 0 bridgehead atoms. The van der Waals surface area contributed by atoms with Gasteiger partial charge >= 0.3 is 6.18 Å². The van der Waals surface area contributed by atoms with Gasteiger partial charge in [0.1, 0.15) is 0 Å². The second-order valence-electron chi connectivity index (χ2n) is 4.93. The van der Waals surface area contributed by atoms with Gasteiger partial charge < -0.3 is 10.2 Å². The molecular weight excluding hydrogens is 313 g/mol. The molecule has 2 rings (SSSR count). The van der Waals surface area contributed by atoms with Gasteiger partial charge in [-0.1, -0.05) is 6.07 Å². The second-order valence-corrected chi connectivity index (χ2v) is 5.96. The van der Waals surface area contributed by atoms with Crippen molar-refractivity contribution in [1.82, 2.24) is 0 Å². The van der Waals surface area contributed by atoms with E-state index in [1.54, 1.807) is 31.1 Å². The minimum atomic E-state index is -4.53. The summed E-state index contributed by atoms with van der Waals surface area (Å²) in [6.07, 6.45) is -4.47. The van der Waals surface area contributed by atoms with Crippen molar-refractivity contribution in [2.75, 3.05) is 24.3 Å². The lowest BCUT2D eigenvalue weighted by atomic mass is 10.1. The van der Waals surface area contributed by atoms with Crippen molar-refractivity contribution in [2.45, 2.75) is 12.6 Å². The second kappa shape index (κ2) is 6.39. The number of carbonyl (C=O) groups excluding carboxylic acids is 1. The molecular formula is C15H15F3N2OS. The molecule has 1 heterocycles. The first-order valence-corrected chi connectivity index (χ1v) is 7.36. The van der Waals surface area contributed by atoms with Gasteiger partial charge in [-0.25, -0.2) is 0 Å². The normalized spacial score (nSPS) is 11.3. The van der Waals surface area contributed by atoms with Gasteiger partial charge in [-0.3, -0.25) is 4.79 Å². The number of carbonyl (C=O) groups is 1. The minimum absolute atomic E-state index is 0.0599. The maximum absolute atomic E-state index is 13.2. The Balaban J connectivity index is 2.24. The molecule has 0 fully saturated rings. The average Bonchev–Trinajstić information content (AvgIpc) is 2.90. The van der Waals surface area contributed by atoms with Crippen LogP contribution in [0.2, 0.25) is 0 Å². The Morgan fingerprint density at radius 3 is 2.55 bits per heavy atom. The van der Waals surface area contributed by atoms with E-state index in [9.17, 15) is 18.0 Å². The van der Waals surface area contributed by atoms with Crippen molar-refractivity contribution in [1.29, 1.82) is 0 Å². The lowest BCUT2D eigenvalue weighted by Gasteiger charge is -2.18. The summed E-state index contributed by atoms with van der Waals surface area (Å²) in [7, 11) is 3.31. The molecule has 1 N–H and O–H groups in total. The van der Waals surface area contributed by atoms with E-state index in [0.29, 0.717) is 5.69 Å². The Bertz CT molecular complexity index is 651. The fourth-order valence-corrected chi connectivity index (χ4v) is 2.62. The van der Waals surface area contributed by atoms with E-state index in [1.165, 1.54) is 23.5 Å². The predicted molar refractivity (Wildman–Crippen MR) is 82.4 cm³/mol. The molecule has 0 spiro atoms. The SMILES string of the molecule is CN(C)c1ccc(NC(=O)Cc2cccs2)c(C(F)(F)F)c1. The number of hydrogen-bond acceptors (Lipinski definition) is 3. The highest BCUT2D eigenvalue weighted by molar-refractivity contribution is 7.10. The zero-order valence-electron chi connectivity index (χ0n) is 12.1. The van der Waals surface area contributed by atoms with Crippen molar-refractivity contribution >= 4 is 28.6 Å². The number of thiophene rings is 1. The van der Waals surface area contributed by atoms with Gasteiger partial charge in [-0.15, -0.1) is 11.3 Å². The van der Waals surface area contributed by atoms with E-state index in [-0.39, 0.29) is 12.1 Å². The monoisotopic (exact) mass is 328 g/mol. The number of anilines is 2. The topological polar surface area (TPSA) is 32.3 Å². The Hall–Kier alpha value is -2.02.